The van der Waals surface area contributed by atoms with E-state index in [-0.39, 0.29) is 0 Å². The van der Waals surface area contributed by atoms with E-state index in [4.69, 9.17) is 9.97 Å². The van der Waals surface area contributed by atoms with Crippen molar-refractivity contribution in [3.05, 3.63) is 54.4 Å². The molecule has 7 nitrogen and oxygen atoms in total. The number of rotatable bonds is 6. The van der Waals surface area contributed by atoms with E-state index in [0.717, 1.165) is 60.1 Å². The van der Waals surface area contributed by atoms with E-state index in [1.165, 1.54) is 31.4 Å². The minimum Gasteiger partial charge on any atom is -0.376 e. The molecule has 0 unspecified atom stereocenters. The van der Waals surface area contributed by atoms with Crippen LogP contribution in [0.1, 0.15) is 48.9 Å². The highest BCUT2D eigenvalue weighted by molar-refractivity contribution is 5.82. The molecule has 1 saturated carbocycles. The minimum absolute atomic E-state index is 0.485. The van der Waals surface area contributed by atoms with Crippen LogP contribution in [0.25, 0.3) is 16.7 Å². The number of nitrogens with zero attached hydrogens (tertiary/aromatic N) is 6. The molecule has 168 valence electrons. The zero-order chi connectivity index (χ0) is 22.1. The Morgan fingerprint density at radius 3 is 2.59 bits per heavy atom. The third-order valence-electron chi connectivity index (χ3n) is 6.78. The first kappa shape index (κ1) is 20.9. The van der Waals surface area contributed by atoms with Gasteiger partial charge in [-0.15, -0.1) is 0 Å². The predicted molar refractivity (Wildman–Crippen MR) is 130 cm³/mol. The first-order valence-corrected chi connectivity index (χ1v) is 11.7. The molecule has 1 N–H and O–H groups in total. The highest BCUT2D eigenvalue weighted by Crippen LogP contribution is 2.36. The maximum atomic E-state index is 5.02. The number of fused-ring (bicyclic) bond motifs is 1. The third kappa shape index (κ3) is 4.09. The summed E-state index contributed by atoms with van der Waals surface area (Å²) in [5.74, 6) is 0.819. The lowest BCUT2D eigenvalue weighted by Gasteiger charge is -2.29. The average Bonchev–Trinajstić information content (AvgIpc) is 3.47. The summed E-state index contributed by atoms with van der Waals surface area (Å²) >= 11 is 0. The molecule has 0 aromatic carbocycles. The van der Waals surface area contributed by atoms with Gasteiger partial charge < -0.3 is 19.7 Å². The van der Waals surface area contributed by atoms with Crippen LogP contribution in [0.15, 0.2) is 37.2 Å². The minimum atomic E-state index is 0.485. The van der Waals surface area contributed by atoms with E-state index in [0.29, 0.717) is 12.5 Å². The van der Waals surface area contributed by atoms with Gasteiger partial charge in [0.2, 0.25) is 0 Å². The summed E-state index contributed by atoms with van der Waals surface area (Å²) in [4.78, 5) is 18.9. The second kappa shape index (κ2) is 8.90. The Hall–Kier alpha value is -2.93. The summed E-state index contributed by atoms with van der Waals surface area (Å²) in [7, 11) is 4.09. The molecule has 0 atom stereocenters. The molecular formula is C25H33N7. The Balaban J connectivity index is 1.43. The molecule has 1 aliphatic carbocycles. The molecule has 1 saturated heterocycles. The molecule has 2 fully saturated rings. The number of anilines is 1. The molecule has 3 aromatic heterocycles. The van der Waals surface area contributed by atoms with Crippen LogP contribution in [0.4, 0.5) is 5.69 Å². The fourth-order valence-electron chi connectivity index (χ4n) is 4.91. The largest absolute Gasteiger partial charge is 0.376 e. The number of hydrogen-bond donors (Lipinski definition) is 1. The molecule has 7 heteroatoms. The van der Waals surface area contributed by atoms with Crippen molar-refractivity contribution in [2.45, 2.75) is 38.1 Å². The molecule has 2 aliphatic rings. The lowest BCUT2D eigenvalue weighted by Crippen LogP contribution is -2.43. The Morgan fingerprint density at radius 2 is 1.91 bits per heavy atom. The zero-order valence-corrected chi connectivity index (χ0v) is 19.2. The summed E-state index contributed by atoms with van der Waals surface area (Å²) in [5, 5.41) is 4.48. The monoisotopic (exact) mass is 431 g/mol. The number of nitrogens with one attached hydrogen (secondary N) is 1. The SMILES string of the molecule is C=C(c1cc2cnc(Cc3ccc(N4CCNCC4)cn3)nc2n1C1CCCC1)N(C)C. The van der Waals surface area contributed by atoms with Gasteiger partial charge in [-0.2, -0.15) is 0 Å². The summed E-state index contributed by atoms with van der Waals surface area (Å²) in [6, 6.07) is 6.96. The van der Waals surface area contributed by atoms with Crippen LogP contribution in [-0.2, 0) is 6.42 Å². The van der Waals surface area contributed by atoms with Crippen molar-refractivity contribution in [2.24, 2.45) is 0 Å². The van der Waals surface area contributed by atoms with Crippen LogP contribution < -0.4 is 10.2 Å². The number of pyridine rings is 1. The Morgan fingerprint density at radius 1 is 1.12 bits per heavy atom. The molecule has 3 aromatic rings. The molecule has 4 heterocycles. The second-order valence-electron chi connectivity index (χ2n) is 9.17. The van der Waals surface area contributed by atoms with Gasteiger partial charge in [-0.1, -0.05) is 19.4 Å². The normalized spacial score (nSPS) is 17.2. The Bertz CT molecular complexity index is 1090. The van der Waals surface area contributed by atoms with Crippen molar-refractivity contribution in [3.63, 3.8) is 0 Å². The molecule has 0 amide bonds. The van der Waals surface area contributed by atoms with Gasteiger partial charge in [-0.25, -0.2) is 9.97 Å². The van der Waals surface area contributed by atoms with Gasteiger partial charge in [0.05, 0.1) is 29.7 Å². The zero-order valence-electron chi connectivity index (χ0n) is 19.2. The Kier molecular flexibility index (Phi) is 5.83. The second-order valence-corrected chi connectivity index (χ2v) is 9.17. The molecule has 32 heavy (non-hydrogen) atoms. The first-order valence-electron chi connectivity index (χ1n) is 11.7. The van der Waals surface area contributed by atoms with Crippen LogP contribution >= 0.6 is 0 Å². The molecule has 0 radical (unpaired) electrons. The van der Waals surface area contributed by atoms with Gasteiger partial charge in [-0.05, 0) is 31.0 Å². The van der Waals surface area contributed by atoms with Gasteiger partial charge in [-0.3, -0.25) is 4.98 Å². The van der Waals surface area contributed by atoms with Crippen molar-refractivity contribution >= 4 is 22.4 Å². The van der Waals surface area contributed by atoms with E-state index < -0.39 is 0 Å². The van der Waals surface area contributed by atoms with Crippen molar-refractivity contribution in [2.75, 3.05) is 45.2 Å². The van der Waals surface area contributed by atoms with Crippen LogP contribution in [-0.4, -0.2) is 64.7 Å². The number of piperazine rings is 1. The predicted octanol–water partition coefficient (Wildman–Crippen LogP) is 3.47. The van der Waals surface area contributed by atoms with E-state index in [1.54, 1.807) is 0 Å². The summed E-state index contributed by atoms with van der Waals surface area (Å²) < 4.78 is 2.41. The third-order valence-corrected chi connectivity index (χ3v) is 6.78. The van der Waals surface area contributed by atoms with Crippen molar-refractivity contribution < 1.29 is 0 Å². The van der Waals surface area contributed by atoms with Gasteiger partial charge in [0, 0.05) is 63.6 Å². The topological polar surface area (TPSA) is 62.1 Å². The lowest BCUT2D eigenvalue weighted by molar-refractivity contribution is 0.512. The maximum absolute atomic E-state index is 5.02. The first-order chi connectivity index (χ1) is 15.6. The fourth-order valence-corrected chi connectivity index (χ4v) is 4.91. The van der Waals surface area contributed by atoms with E-state index >= 15 is 0 Å². The van der Waals surface area contributed by atoms with E-state index in [2.05, 4.69) is 49.4 Å². The highest BCUT2D eigenvalue weighted by Gasteiger charge is 2.24. The maximum Gasteiger partial charge on any atom is 0.144 e. The molecule has 0 bridgehead atoms. The van der Waals surface area contributed by atoms with Crippen LogP contribution in [0.5, 0.6) is 0 Å². The average molecular weight is 432 g/mol. The van der Waals surface area contributed by atoms with Crippen LogP contribution in [0, 0.1) is 0 Å². The number of hydrogen-bond acceptors (Lipinski definition) is 6. The van der Waals surface area contributed by atoms with Crippen molar-refractivity contribution in [1.82, 2.24) is 29.7 Å². The van der Waals surface area contributed by atoms with Crippen molar-refractivity contribution in [1.29, 1.82) is 0 Å². The lowest BCUT2D eigenvalue weighted by atomic mass is 10.2. The molecule has 5 rings (SSSR count). The van der Waals surface area contributed by atoms with Gasteiger partial charge in [0.15, 0.2) is 0 Å². The van der Waals surface area contributed by atoms with E-state index in [9.17, 15) is 0 Å². The number of aromatic nitrogens is 4. The molecule has 1 aliphatic heterocycles. The summed E-state index contributed by atoms with van der Waals surface area (Å²) in [6.45, 7) is 8.43. The fraction of sp³-hybridized carbons (Fsp3) is 0.480. The quantitative estimate of drug-likeness (QED) is 0.645. The van der Waals surface area contributed by atoms with Gasteiger partial charge >= 0.3 is 0 Å². The highest BCUT2D eigenvalue weighted by atomic mass is 15.2. The van der Waals surface area contributed by atoms with Gasteiger partial charge in [0.1, 0.15) is 11.5 Å². The van der Waals surface area contributed by atoms with Gasteiger partial charge in [0.25, 0.3) is 0 Å². The van der Waals surface area contributed by atoms with E-state index in [1.807, 2.05) is 26.5 Å². The molecule has 0 spiro atoms. The van der Waals surface area contributed by atoms with Crippen LogP contribution in [0.3, 0.4) is 0 Å². The Labute approximate surface area is 190 Å². The molecular weight excluding hydrogens is 398 g/mol. The smallest absolute Gasteiger partial charge is 0.144 e. The summed E-state index contributed by atoms with van der Waals surface area (Å²) in [6.07, 6.45) is 9.54. The van der Waals surface area contributed by atoms with Crippen molar-refractivity contribution in [3.8, 4) is 0 Å². The summed E-state index contributed by atoms with van der Waals surface area (Å²) in [5.41, 5.74) is 5.38. The van der Waals surface area contributed by atoms with Crippen LogP contribution in [0.2, 0.25) is 0 Å². The standard InChI is InChI=1S/C25H33N7/c1-18(30(2)3)23-14-19-16-28-24(29-25(19)32(23)21-6-4-5-7-21)15-20-8-9-22(17-27-20)31-12-10-26-11-13-31/h8-9,14,16-17,21,26H,1,4-7,10-13,15H2,2-3H3.